The summed E-state index contributed by atoms with van der Waals surface area (Å²) in [4.78, 5) is 11.6. The van der Waals surface area contributed by atoms with E-state index in [1.807, 2.05) is 0 Å². The normalized spacial score (nSPS) is 11.1. The van der Waals surface area contributed by atoms with Gasteiger partial charge in [-0.1, -0.05) is 6.07 Å². The molecule has 0 bridgehead atoms. The molecule has 9 heteroatoms. The molecular weight excluding hydrogens is 330 g/mol. The summed E-state index contributed by atoms with van der Waals surface area (Å²) >= 11 is 0. The van der Waals surface area contributed by atoms with Crippen molar-refractivity contribution in [3.05, 3.63) is 53.6 Å². The molecular formula is C14H12F2N2O4S. The molecule has 3 N–H and O–H groups in total. The van der Waals surface area contributed by atoms with E-state index >= 15 is 0 Å². The van der Waals surface area contributed by atoms with E-state index in [-0.39, 0.29) is 16.3 Å². The molecule has 0 aliphatic heterocycles. The van der Waals surface area contributed by atoms with Crippen molar-refractivity contribution in [1.29, 1.82) is 0 Å². The van der Waals surface area contributed by atoms with Crippen LogP contribution in [0.1, 0.15) is 10.4 Å². The number of sulfonamides is 1. The van der Waals surface area contributed by atoms with Gasteiger partial charge in [0.05, 0.1) is 12.7 Å². The standard InChI is InChI=1S/C14H12F2N2O4S/c1-22-11-6-5-8(7-12(11)23(17,20)21)18-14(19)9-3-2-4-10(15)13(9)16/h2-7H,1H3,(H,18,19)(H2,17,20,21). The molecule has 23 heavy (non-hydrogen) atoms. The van der Waals surface area contributed by atoms with E-state index in [1.54, 1.807) is 0 Å². The summed E-state index contributed by atoms with van der Waals surface area (Å²) in [6.07, 6.45) is 0. The summed E-state index contributed by atoms with van der Waals surface area (Å²) in [7, 11) is -2.84. The minimum atomic E-state index is -4.09. The number of carbonyl (C=O) groups is 1. The molecule has 0 atom stereocenters. The summed E-state index contributed by atoms with van der Waals surface area (Å²) in [6, 6.07) is 6.82. The average molecular weight is 342 g/mol. The minimum Gasteiger partial charge on any atom is -0.495 e. The second-order valence-electron chi connectivity index (χ2n) is 4.47. The first-order valence-electron chi connectivity index (χ1n) is 6.20. The van der Waals surface area contributed by atoms with E-state index in [0.29, 0.717) is 0 Å². The van der Waals surface area contributed by atoms with E-state index in [2.05, 4.69) is 5.32 Å². The van der Waals surface area contributed by atoms with Crippen molar-refractivity contribution in [2.75, 3.05) is 12.4 Å². The lowest BCUT2D eigenvalue weighted by Gasteiger charge is -2.10. The summed E-state index contributed by atoms with van der Waals surface area (Å²) < 4.78 is 54.6. The van der Waals surface area contributed by atoms with Crippen LogP contribution >= 0.6 is 0 Å². The maximum absolute atomic E-state index is 13.6. The first kappa shape index (κ1) is 16.8. The lowest BCUT2D eigenvalue weighted by Crippen LogP contribution is -2.17. The smallest absolute Gasteiger partial charge is 0.258 e. The number of hydrogen-bond donors (Lipinski definition) is 2. The van der Waals surface area contributed by atoms with Crippen LogP contribution in [0.3, 0.4) is 0 Å². The Morgan fingerprint density at radius 1 is 1.22 bits per heavy atom. The second kappa shape index (κ2) is 6.31. The third kappa shape index (κ3) is 3.63. The molecule has 0 spiro atoms. The number of anilines is 1. The SMILES string of the molecule is COc1ccc(NC(=O)c2cccc(F)c2F)cc1S(N)(=O)=O. The van der Waals surface area contributed by atoms with Crippen LogP contribution in [0.15, 0.2) is 41.3 Å². The van der Waals surface area contributed by atoms with Crippen LogP contribution in [0.2, 0.25) is 0 Å². The van der Waals surface area contributed by atoms with Crippen LogP contribution in [0, 0.1) is 11.6 Å². The highest BCUT2D eigenvalue weighted by Crippen LogP contribution is 2.26. The molecule has 0 fully saturated rings. The largest absolute Gasteiger partial charge is 0.495 e. The molecule has 0 unspecified atom stereocenters. The molecule has 0 aromatic heterocycles. The molecule has 0 saturated heterocycles. The van der Waals surface area contributed by atoms with Crippen molar-refractivity contribution in [1.82, 2.24) is 0 Å². The number of hydrogen-bond acceptors (Lipinski definition) is 4. The van der Waals surface area contributed by atoms with Gasteiger partial charge in [-0.3, -0.25) is 4.79 Å². The Hall–Kier alpha value is -2.52. The lowest BCUT2D eigenvalue weighted by molar-refractivity contribution is 0.102. The number of benzene rings is 2. The molecule has 0 aliphatic carbocycles. The van der Waals surface area contributed by atoms with Gasteiger partial charge >= 0.3 is 0 Å². The van der Waals surface area contributed by atoms with E-state index < -0.39 is 33.1 Å². The van der Waals surface area contributed by atoms with E-state index in [4.69, 9.17) is 9.88 Å². The number of nitrogens with one attached hydrogen (secondary N) is 1. The second-order valence-corrected chi connectivity index (χ2v) is 6.00. The van der Waals surface area contributed by atoms with Gasteiger partial charge in [0.1, 0.15) is 10.6 Å². The fraction of sp³-hybridized carbons (Fsp3) is 0.0714. The van der Waals surface area contributed by atoms with Gasteiger partial charge in [-0.2, -0.15) is 0 Å². The van der Waals surface area contributed by atoms with E-state index in [0.717, 1.165) is 18.2 Å². The van der Waals surface area contributed by atoms with Gasteiger partial charge in [0.25, 0.3) is 5.91 Å². The van der Waals surface area contributed by atoms with Crippen LogP contribution in [-0.4, -0.2) is 21.4 Å². The molecule has 2 rings (SSSR count). The third-order valence-electron chi connectivity index (χ3n) is 2.92. The van der Waals surface area contributed by atoms with Gasteiger partial charge in [-0.25, -0.2) is 22.3 Å². The van der Waals surface area contributed by atoms with Crippen molar-refractivity contribution < 1.29 is 26.7 Å². The molecule has 0 saturated carbocycles. The van der Waals surface area contributed by atoms with E-state index in [1.165, 1.54) is 25.3 Å². The highest BCUT2D eigenvalue weighted by molar-refractivity contribution is 7.89. The number of amides is 1. The minimum absolute atomic E-state index is 0.0116. The Labute approximate surface area is 130 Å². The number of primary sulfonamides is 1. The Morgan fingerprint density at radius 3 is 2.52 bits per heavy atom. The van der Waals surface area contributed by atoms with Crippen molar-refractivity contribution in [2.24, 2.45) is 5.14 Å². The first-order valence-corrected chi connectivity index (χ1v) is 7.75. The quantitative estimate of drug-likeness (QED) is 0.886. The number of nitrogens with two attached hydrogens (primary N) is 1. The Morgan fingerprint density at radius 2 is 1.91 bits per heavy atom. The Kier molecular flexibility index (Phi) is 4.62. The zero-order chi connectivity index (χ0) is 17.2. The van der Waals surface area contributed by atoms with Gasteiger partial charge < -0.3 is 10.1 Å². The first-order chi connectivity index (χ1) is 10.7. The van der Waals surface area contributed by atoms with Gasteiger partial charge in [-0.05, 0) is 30.3 Å². The molecule has 2 aromatic rings. The van der Waals surface area contributed by atoms with Crippen LogP contribution in [0.4, 0.5) is 14.5 Å². The Balaban J connectivity index is 2.37. The van der Waals surface area contributed by atoms with Crippen molar-refractivity contribution >= 4 is 21.6 Å². The zero-order valence-electron chi connectivity index (χ0n) is 11.8. The number of ether oxygens (including phenoxy) is 1. The fourth-order valence-corrected chi connectivity index (χ4v) is 2.58. The van der Waals surface area contributed by atoms with Crippen LogP contribution in [-0.2, 0) is 10.0 Å². The van der Waals surface area contributed by atoms with Crippen LogP contribution in [0.25, 0.3) is 0 Å². The van der Waals surface area contributed by atoms with Gasteiger partial charge in [0, 0.05) is 5.69 Å². The molecule has 1 amide bonds. The van der Waals surface area contributed by atoms with Crippen molar-refractivity contribution in [3.8, 4) is 5.75 Å². The van der Waals surface area contributed by atoms with Gasteiger partial charge in [0.15, 0.2) is 11.6 Å². The van der Waals surface area contributed by atoms with Gasteiger partial charge in [0.2, 0.25) is 10.0 Å². The molecule has 0 heterocycles. The summed E-state index contributed by atoms with van der Waals surface area (Å²) in [5, 5.41) is 7.33. The van der Waals surface area contributed by atoms with Crippen molar-refractivity contribution in [3.63, 3.8) is 0 Å². The lowest BCUT2D eigenvalue weighted by atomic mass is 10.2. The maximum Gasteiger partial charge on any atom is 0.258 e. The molecule has 6 nitrogen and oxygen atoms in total. The zero-order valence-corrected chi connectivity index (χ0v) is 12.7. The van der Waals surface area contributed by atoms with Crippen molar-refractivity contribution in [2.45, 2.75) is 4.90 Å². The number of carbonyl (C=O) groups excluding carboxylic acids is 1. The summed E-state index contributed by atoms with van der Waals surface area (Å²) in [5.41, 5.74) is -0.485. The molecule has 122 valence electrons. The van der Waals surface area contributed by atoms with Gasteiger partial charge in [-0.15, -0.1) is 0 Å². The maximum atomic E-state index is 13.6. The molecule has 0 aliphatic rings. The highest BCUT2D eigenvalue weighted by atomic mass is 32.2. The predicted octanol–water partition coefficient (Wildman–Crippen LogP) is 1.87. The highest BCUT2D eigenvalue weighted by Gasteiger charge is 2.18. The fourth-order valence-electron chi connectivity index (χ4n) is 1.85. The topological polar surface area (TPSA) is 98.5 Å². The third-order valence-corrected chi connectivity index (χ3v) is 3.86. The summed E-state index contributed by atoms with van der Waals surface area (Å²) in [5.74, 6) is -3.42. The monoisotopic (exact) mass is 342 g/mol. The van der Waals surface area contributed by atoms with Crippen LogP contribution < -0.4 is 15.2 Å². The predicted molar refractivity (Wildman–Crippen MR) is 78.7 cm³/mol. The summed E-state index contributed by atoms with van der Waals surface area (Å²) in [6.45, 7) is 0. The molecule has 2 aromatic carbocycles. The average Bonchev–Trinajstić information content (AvgIpc) is 2.49. The number of methoxy groups -OCH3 is 1. The molecule has 0 radical (unpaired) electrons. The number of halogens is 2. The van der Waals surface area contributed by atoms with Crippen LogP contribution in [0.5, 0.6) is 5.75 Å². The Bertz CT molecular complexity index is 869. The number of rotatable bonds is 4. The van der Waals surface area contributed by atoms with E-state index in [9.17, 15) is 22.0 Å².